The summed E-state index contributed by atoms with van der Waals surface area (Å²) in [7, 11) is 1.35. The normalized spacial score (nSPS) is 10.4. The molecule has 0 aliphatic carbocycles. The molecule has 6 heteroatoms. The van der Waals surface area contributed by atoms with E-state index in [0.717, 1.165) is 15.6 Å². The molecule has 0 amide bonds. The van der Waals surface area contributed by atoms with Crippen molar-refractivity contribution in [3.05, 3.63) is 63.6 Å². The van der Waals surface area contributed by atoms with Crippen molar-refractivity contribution in [3.63, 3.8) is 0 Å². The summed E-state index contributed by atoms with van der Waals surface area (Å²) in [5, 5.41) is 0.0576. The van der Waals surface area contributed by atoms with Crippen molar-refractivity contribution < 1.29 is 19.1 Å². The minimum absolute atomic E-state index is 0.0576. The highest BCUT2D eigenvalue weighted by molar-refractivity contribution is 9.10. The highest BCUT2D eigenvalue weighted by Gasteiger charge is 2.18. The summed E-state index contributed by atoms with van der Waals surface area (Å²) in [6, 6.07) is 13.2. The van der Waals surface area contributed by atoms with Gasteiger partial charge in [-0.2, -0.15) is 0 Å². The van der Waals surface area contributed by atoms with Crippen LogP contribution in [0.2, 0.25) is 0 Å². The first-order valence-corrected chi connectivity index (χ1v) is 9.50. The topological polar surface area (TPSA) is 52.6 Å². The average Bonchev–Trinajstić information content (AvgIpc) is 2.60. The van der Waals surface area contributed by atoms with Crippen LogP contribution >= 0.6 is 27.7 Å². The predicted molar refractivity (Wildman–Crippen MR) is 103 cm³/mol. The second kappa shape index (κ2) is 9.63. The Kier molecular flexibility index (Phi) is 7.52. The quantitative estimate of drug-likeness (QED) is 0.608. The van der Waals surface area contributed by atoms with Crippen molar-refractivity contribution in [1.82, 2.24) is 0 Å². The first-order chi connectivity index (χ1) is 12.0. The van der Waals surface area contributed by atoms with E-state index >= 15 is 0 Å². The second-order valence-corrected chi connectivity index (χ2v) is 7.47. The molecule has 0 radical (unpaired) electrons. The third-order valence-electron chi connectivity index (χ3n) is 3.49. The highest BCUT2D eigenvalue weighted by Crippen LogP contribution is 2.26. The molecule has 0 aliphatic rings. The molecular formula is C19H19BrO4S. The van der Waals surface area contributed by atoms with E-state index in [0.29, 0.717) is 30.1 Å². The van der Waals surface area contributed by atoms with E-state index in [4.69, 9.17) is 9.47 Å². The van der Waals surface area contributed by atoms with E-state index in [1.54, 1.807) is 6.07 Å². The van der Waals surface area contributed by atoms with Gasteiger partial charge in [0.2, 0.25) is 0 Å². The zero-order valence-corrected chi connectivity index (χ0v) is 16.5. The summed E-state index contributed by atoms with van der Waals surface area (Å²) >= 11 is 4.63. The summed E-state index contributed by atoms with van der Waals surface area (Å²) in [5.74, 6) is 0.657. The molecule has 0 saturated carbocycles. The third kappa shape index (κ3) is 5.90. The fraction of sp³-hybridized carbons (Fsp3) is 0.263. The maximum absolute atomic E-state index is 12.2. The van der Waals surface area contributed by atoms with Gasteiger partial charge in [0.15, 0.2) is 5.12 Å². The number of aryl methyl sites for hydroxylation is 1. The molecule has 0 fully saturated rings. The Hall–Kier alpha value is -1.79. The van der Waals surface area contributed by atoms with Crippen molar-refractivity contribution in [2.75, 3.05) is 12.9 Å². The van der Waals surface area contributed by atoms with Gasteiger partial charge in [0, 0.05) is 17.1 Å². The Balaban J connectivity index is 2.19. The largest absolute Gasteiger partial charge is 0.488 e. The standard InChI is InChI=1S/C19H19BrO4S/c1-13(21)25-11-10-15-4-3-5-17(18(15)19(22)23-2)24-12-14-6-8-16(20)9-7-14/h3-9H,10-12H2,1-2H3. The molecule has 0 aliphatic heterocycles. The van der Waals surface area contributed by atoms with Gasteiger partial charge in [-0.05, 0) is 35.7 Å². The molecule has 0 spiro atoms. The lowest BCUT2D eigenvalue weighted by atomic mass is 10.0. The maximum Gasteiger partial charge on any atom is 0.341 e. The third-order valence-corrected chi connectivity index (χ3v) is 4.83. The van der Waals surface area contributed by atoms with Gasteiger partial charge in [-0.25, -0.2) is 4.79 Å². The number of esters is 1. The Morgan fingerprint density at radius 2 is 1.84 bits per heavy atom. The first kappa shape index (κ1) is 19.5. The van der Waals surface area contributed by atoms with E-state index in [9.17, 15) is 9.59 Å². The predicted octanol–water partition coefficient (Wildman–Crippen LogP) is 4.64. The number of hydrogen-bond acceptors (Lipinski definition) is 5. The Labute approximate surface area is 160 Å². The van der Waals surface area contributed by atoms with Crippen molar-refractivity contribution in [3.8, 4) is 5.75 Å². The minimum atomic E-state index is -0.436. The van der Waals surface area contributed by atoms with Gasteiger partial charge in [0.1, 0.15) is 17.9 Å². The van der Waals surface area contributed by atoms with Crippen LogP contribution < -0.4 is 4.74 Å². The Morgan fingerprint density at radius 3 is 2.48 bits per heavy atom. The number of carbonyl (C=O) groups is 2. The zero-order chi connectivity index (χ0) is 18.2. The van der Waals surface area contributed by atoms with Gasteiger partial charge in [-0.1, -0.05) is 52.0 Å². The van der Waals surface area contributed by atoms with Gasteiger partial charge < -0.3 is 9.47 Å². The van der Waals surface area contributed by atoms with Gasteiger partial charge in [0.25, 0.3) is 0 Å². The summed E-state index contributed by atoms with van der Waals surface area (Å²) in [4.78, 5) is 23.3. The minimum Gasteiger partial charge on any atom is -0.488 e. The zero-order valence-electron chi connectivity index (χ0n) is 14.1. The molecule has 0 bridgehead atoms. The monoisotopic (exact) mass is 422 g/mol. The number of methoxy groups -OCH3 is 1. The van der Waals surface area contributed by atoms with Crippen LogP contribution in [0, 0.1) is 0 Å². The van der Waals surface area contributed by atoms with E-state index in [-0.39, 0.29) is 5.12 Å². The summed E-state index contributed by atoms with van der Waals surface area (Å²) in [6.07, 6.45) is 0.587. The molecule has 0 heterocycles. The number of thioether (sulfide) groups is 1. The number of benzene rings is 2. The fourth-order valence-corrected chi connectivity index (χ4v) is 3.16. The van der Waals surface area contributed by atoms with Crippen molar-refractivity contribution in [1.29, 1.82) is 0 Å². The first-order valence-electron chi connectivity index (χ1n) is 7.72. The number of hydrogen-bond donors (Lipinski definition) is 0. The second-order valence-electron chi connectivity index (χ2n) is 5.29. The van der Waals surface area contributed by atoms with Crippen LogP contribution in [-0.2, 0) is 22.6 Å². The molecule has 25 heavy (non-hydrogen) atoms. The molecule has 0 unspecified atom stereocenters. The SMILES string of the molecule is COC(=O)c1c(CCSC(C)=O)cccc1OCc1ccc(Br)cc1. The lowest BCUT2D eigenvalue weighted by molar-refractivity contribution is -0.109. The van der Waals surface area contributed by atoms with Crippen molar-refractivity contribution >= 4 is 38.8 Å². The lowest BCUT2D eigenvalue weighted by Crippen LogP contribution is -2.10. The fourth-order valence-electron chi connectivity index (χ4n) is 2.29. The van der Waals surface area contributed by atoms with Crippen LogP contribution in [0.15, 0.2) is 46.9 Å². The molecular weight excluding hydrogens is 404 g/mol. The summed E-state index contributed by atoms with van der Waals surface area (Å²) in [5.41, 5.74) is 2.23. The van der Waals surface area contributed by atoms with E-state index in [2.05, 4.69) is 15.9 Å². The number of ether oxygens (including phenoxy) is 2. The van der Waals surface area contributed by atoms with E-state index in [1.165, 1.54) is 25.8 Å². The molecule has 0 saturated heterocycles. The van der Waals surface area contributed by atoms with E-state index < -0.39 is 5.97 Å². The van der Waals surface area contributed by atoms with Crippen LogP contribution in [0.25, 0.3) is 0 Å². The highest BCUT2D eigenvalue weighted by atomic mass is 79.9. The smallest absolute Gasteiger partial charge is 0.341 e. The molecule has 0 aromatic heterocycles. The van der Waals surface area contributed by atoms with E-state index in [1.807, 2.05) is 36.4 Å². The van der Waals surface area contributed by atoms with Crippen LogP contribution in [0.5, 0.6) is 5.75 Å². The number of carbonyl (C=O) groups excluding carboxylic acids is 2. The summed E-state index contributed by atoms with van der Waals surface area (Å²) in [6.45, 7) is 1.88. The van der Waals surface area contributed by atoms with Gasteiger partial charge in [0.05, 0.1) is 7.11 Å². The molecule has 2 aromatic rings. The Bertz CT molecular complexity index is 744. The average molecular weight is 423 g/mol. The van der Waals surface area contributed by atoms with Crippen LogP contribution in [0.3, 0.4) is 0 Å². The molecule has 0 N–H and O–H groups in total. The van der Waals surface area contributed by atoms with Gasteiger partial charge in [-0.3, -0.25) is 4.79 Å². The van der Waals surface area contributed by atoms with Gasteiger partial charge >= 0.3 is 5.97 Å². The molecule has 2 aromatic carbocycles. The lowest BCUT2D eigenvalue weighted by Gasteiger charge is -2.14. The van der Waals surface area contributed by atoms with Gasteiger partial charge in [-0.15, -0.1) is 0 Å². The Morgan fingerprint density at radius 1 is 1.12 bits per heavy atom. The number of rotatable bonds is 7. The molecule has 4 nitrogen and oxygen atoms in total. The van der Waals surface area contributed by atoms with Crippen molar-refractivity contribution in [2.45, 2.75) is 20.0 Å². The molecule has 0 atom stereocenters. The van der Waals surface area contributed by atoms with Crippen LogP contribution in [0.1, 0.15) is 28.4 Å². The van der Waals surface area contributed by atoms with Crippen LogP contribution in [0.4, 0.5) is 0 Å². The van der Waals surface area contributed by atoms with Crippen LogP contribution in [-0.4, -0.2) is 23.9 Å². The maximum atomic E-state index is 12.2. The van der Waals surface area contributed by atoms with Crippen molar-refractivity contribution in [2.24, 2.45) is 0 Å². The summed E-state index contributed by atoms with van der Waals surface area (Å²) < 4.78 is 11.8. The molecule has 132 valence electrons. The number of halogens is 1. The molecule has 2 rings (SSSR count).